The smallest absolute Gasteiger partial charge is 0.338 e. The van der Waals surface area contributed by atoms with Gasteiger partial charge in [-0.15, -0.1) is 6.42 Å². The number of amides is 3. The highest BCUT2D eigenvalue weighted by atomic mass is 127. The van der Waals surface area contributed by atoms with Crippen molar-refractivity contribution < 1.29 is 19.2 Å². The van der Waals surface area contributed by atoms with Gasteiger partial charge in [-0.2, -0.15) is 0 Å². The molecule has 0 bridgehead atoms. The van der Waals surface area contributed by atoms with E-state index in [9.17, 15) is 19.2 Å². The van der Waals surface area contributed by atoms with Crippen molar-refractivity contribution in [1.29, 1.82) is 0 Å². The van der Waals surface area contributed by atoms with Gasteiger partial charge in [0.25, 0.3) is 0 Å². The molecule has 0 aliphatic heterocycles. The van der Waals surface area contributed by atoms with E-state index >= 15 is 0 Å². The molecule has 0 aliphatic carbocycles. The van der Waals surface area contributed by atoms with E-state index in [-0.39, 0.29) is 23.9 Å². The van der Waals surface area contributed by atoms with Crippen LogP contribution in [0.1, 0.15) is 73.5 Å². The summed E-state index contributed by atoms with van der Waals surface area (Å²) in [4.78, 5) is 91.3. The van der Waals surface area contributed by atoms with Crippen LogP contribution in [-0.4, -0.2) is 92.4 Å². The van der Waals surface area contributed by atoms with Crippen LogP contribution in [0.4, 0.5) is 30.1 Å². The molecule has 0 saturated carbocycles. The number of anilines is 4. The molecule has 0 fully saturated rings. The highest BCUT2D eigenvalue weighted by Gasteiger charge is 2.11. The van der Waals surface area contributed by atoms with Crippen LogP contribution in [0.3, 0.4) is 0 Å². The van der Waals surface area contributed by atoms with E-state index in [1.54, 1.807) is 80.6 Å². The van der Waals surface area contributed by atoms with E-state index in [1.165, 1.54) is 98.1 Å². The number of thiazole rings is 4. The third-order valence-electron chi connectivity index (χ3n) is 9.89. The minimum atomic E-state index is -0.307. The predicted molar refractivity (Wildman–Crippen MR) is 352 cm³/mol. The monoisotopic (exact) mass is 1360 g/mol. The lowest BCUT2D eigenvalue weighted by atomic mass is 10.3. The Morgan fingerprint density at radius 3 is 1.16 bits per heavy atom. The average molecular weight is 1360 g/mol. The molecule has 24 nitrogen and oxygen atoms in total. The largest absolute Gasteiger partial charge is 0.375 e. The van der Waals surface area contributed by atoms with Gasteiger partial charge in [0.05, 0.1) is 25.7 Å². The van der Waals surface area contributed by atoms with Gasteiger partial charge in [0, 0.05) is 123 Å². The number of nitrogens with zero attached hydrogens (tertiary/aromatic N) is 14. The molecule has 0 spiro atoms. The molecule has 11 aromatic rings. The molecule has 11 rings (SSSR count). The zero-order chi connectivity index (χ0) is 63.6. The first-order valence-corrected chi connectivity index (χ1v) is 29.5. The molecule has 3 amide bonds. The first kappa shape index (κ1) is 68.3. The van der Waals surface area contributed by atoms with Crippen LogP contribution in [0, 0.1) is 78.4 Å². The number of nitrogens with one attached hydrogen (secondary N) is 3. The zero-order valence-corrected chi connectivity index (χ0v) is 53.1. The fourth-order valence-electron chi connectivity index (χ4n) is 5.96. The maximum Gasteiger partial charge on any atom is 0.338 e. The lowest BCUT2D eigenvalue weighted by Gasteiger charge is -1.99. The summed E-state index contributed by atoms with van der Waals surface area (Å²) in [5.41, 5.74) is 12.4. The zero-order valence-electron chi connectivity index (χ0n) is 47.6. The van der Waals surface area contributed by atoms with Crippen LogP contribution in [-0.2, 0) is 9.59 Å². The number of hydrogen-bond donors (Lipinski definition) is 6. The number of imidazole rings is 3. The lowest BCUT2D eigenvalue weighted by Crippen LogP contribution is -2.17. The Bertz CT molecular complexity index is 4140. The van der Waals surface area contributed by atoms with Gasteiger partial charge in [0.2, 0.25) is 11.8 Å². The molecule has 0 unspecified atom stereocenters. The molecular weight excluding hydrogens is 1310 g/mol. The van der Waals surface area contributed by atoms with Crippen molar-refractivity contribution in [2.24, 2.45) is 11.7 Å². The maximum atomic E-state index is 11.9. The second kappa shape index (κ2) is 37.1. The molecular formula is C59H53IN20O4S4. The fourth-order valence-corrected chi connectivity index (χ4v) is 9.81. The Kier molecular flexibility index (Phi) is 28.8. The highest BCUT2D eigenvalue weighted by Crippen LogP contribution is 2.25. The van der Waals surface area contributed by atoms with Crippen molar-refractivity contribution in [2.75, 3.05) is 21.7 Å². The molecule has 0 saturated heterocycles. The van der Waals surface area contributed by atoms with Gasteiger partial charge in [-0.3, -0.25) is 60.2 Å². The van der Waals surface area contributed by atoms with Gasteiger partial charge in [-0.05, 0) is 117 Å². The molecule has 11 heterocycles. The number of halogens is 1. The number of aryl methyl sites for hydroxylation is 4. The van der Waals surface area contributed by atoms with Crippen LogP contribution in [0.25, 0.3) is 0 Å². The van der Waals surface area contributed by atoms with E-state index in [1.807, 2.05) is 76.2 Å². The van der Waals surface area contributed by atoms with Crippen LogP contribution in [0.2, 0.25) is 0 Å². The maximum absolute atomic E-state index is 11.9. The number of rotatable bonds is 3. The Hall–Kier alpha value is -10.5. The summed E-state index contributed by atoms with van der Waals surface area (Å²) < 4.78 is 5.22. The molecule has 0 radical (unpaired) electrons. The van der Waals surface area contributed by atoms with Crippen LogP contribution in [0.5, 0.6) is 0 Å². The Morgan fingerprint density at radius 1 is 0.477 bits per heavy atom. The van der Waals surface area contributed by atoms with Crippen molar-refractivity contribution in [3.8, 4) is 47.9 Å². The number of nitrogen functional groups attached to an aromatic ring is 1. The van der Waals surface area contributed by atoms with Gasteiger partial charge in [-0.1, -0.05) is 69.0 Å². The fraction of sp³-hybridized carbons (Fsp3) is 0.102. The number of aromatic nitrogens is 14. The Balaban J connectivity index is 0.000000196. The minimum Gasteiger partial charge on any atom is -0.375 e. The summed E-state index contributed by atoms with van der Waals surface area (Å²) in [6.07, 6.45) is 32.4. The molecule has 29 heteroatoms. The van der Waals surface area contributed by atoms with Crippen molar-refractivity contribution in [3.63, 3.8) is 0 Å². The molecule has 11 aromatic heterocycles. The average Bonchev–Trinajstić information content (AvgIpc) is 4.54. The lowest BCUT2D eigenvalue weighted by molar-refractivity contribution is -0.115. The number of hydrogen-bond acceptors (Lipinski definition) is 22. The SMILES string of the molecule is C#Cc1cccnc1.CC(=O)Nc1nc(C)c(C#Cc2cccnc2)s1.CC(=O)Nc1nc(C)c(I)s1.Cc1nc(N)sc1C#Cc1cccnc1.Cc1nc(NC(=O)n2ccnc2)sc1C#Cc1cccnc1.NN.O=C(n1ccnc1)n1ccnc1. The van der Waals surface area contributed by atoms with Crippen molar-refractivity contribution in [3.05, 3.63) is 217 Å². The molecule has 0 aliphatic rings. The normalized spacial score (nSPS) is 9.36. The summed E-state index contributed by atoms with van der Waals surface area (Å²) in [6, 6.07) is 14.4. The summed E-state index contributed by atoms with van der Waals surface area (Å²) in [5, 5.41) is 10.3. The van der Waals surface area contributed by atoms with Gasteiger partial charge in [0.1, 0.15) is 33.6 Å². The number of terminal acetylenes is 1. The summed E-state index contributed by atoms with van der Waals surface area (Å²) in [7, 11) is 0. The number of nitrogens with two attached hydrogens (primary N) is 3. The van der Waals surface area contributed by atoms with E-state index < -0.39 is 0 Å². The Morgan fingerprint density at radius 2 is 0.841 bits per heavy atom. The number of pyridine rings is 4. The second-order valence-electron chi connectivity index (χ2n) is 16.6. The van der Waals surface area contributed by atoms with Crippen molar-refractivity contribution in [2.45, 2.75) is 41.5 Å². The van der Waals surface area contributed by atoms with E-state index in [4.69, 9.17) is 12.2 Å². The van der Waals surface area contributed by atoms with E-state index in [0.29, 0.717) is 20.5 Å². The van der Waals surface area contributed by atoms with E-state index in [0.717, 1.165) is 62.5 Å². The number of carbonyl (C=O) groups excluding carboxylic acids is 4. The number of hydrazine groups is 1. The van der Waals surface area contributed by atoms with Crippen LogP contribution in [0.15, 0.2) is 154 Å². The number of carbonyl (C=O) groups is 4. The topological polar surface area (TPSA) is 339 Å². The quantitative estimate of drug-likeness (QED) is 0.0415. The van der Waals surface area contributed by atoms with Crippen molar-refractivity contribution in [1.82, 2.24) is 68.5 Å². The summed E-state index contributed by atoms with van der Waals surface area (Å²) >= 11 is 7.79. The van der Waals surface area contributed by atoms with Gasteiger partial charge >= 0.3 is 12.1 Å². The predicted octanol–water partition coefficient (Wildman–Crippen LogP) is 9.05. The van der Waals surface area contributed by atoms with Gasteiger partial charge in [-0.25, -0.2) is 44.5 Å². The van der Waals surface area contributed by atoms with Crippen LogP contribution < -0.4 is 33.4 Å². The molecule has 9 N–H and O–H groups in total. The first-order valence-electron chi connectivity index (χ1n) is 25.1. The van der Waals surface area contributed by atoms with Gasteiger partial charge < -0.3 is 16.4 Å². The highest BCUT2D eigenvalue weighted by molar-refractivity contribution is 14.1. The molecule has 0 atom stereocenters. The first-order chi connectivity index (χ1) is 42.5. The van der Waals surface area contributed by atoms with Crippen LogP contribution >= 0.6 is 67.9 Å². The third kappa shape index (κ3) is 24.2. The Labute approximate surface area is 535 Å². The van der Waals surface area contributed by atoms with E-state index in [2.05, 4.69) is 146 Å². The standard InChI is InChI=1S/C15H11N5OS.C13H11N3OS.C11H9N3S.C7H6N4O.C7H5N.C6H7IN2OS.H4N2/c1-11-13(5-4-12-3-2-6-16-9-12)22-14(18-11)19-15(21)20-8-7-17-10-20;1-9-12(18-13(15-9)16-10(2)17)6-5-11-4-3-7-14-8-11;1-8-10(15-11(12)14-8)5-4-9-3-2-6-13-7-9;12-7(10-3-1-8-5-10)11-4-2-9-6-11;1-2-7-4-3-5-8-6-7;1-3-5(7)11-6(8-3)9-4(2)10;1-2/h2-3,6-10H,1H3,(H,18,19,21);3-4,7-8H,1-2H3,(H,15,16,17);2-3,6-7H,1H3,(H2,12,14);1-6H;1,3-6H;1-2H3,(H,8,9,10);1-2H2. The van der Waals surface area contributed by atoms with Gasteiger partial charge in [0.15, 0.2) is 20.5 Å². The molecule has 444 valence electrons. The minimum absolute atomic E-state index is 0.0739. The molecule has 0 aromatic carbocycles. The molecule has 88 heavy (non-hydrogen) atoms. The summed E-state index contributed by atoms with van der Waals surface area (Å²) in [5.74, 6) is 28.4. The third-order valence-corrected chi connectivity index (χ3v) is 15.1. The second-order valence-corrected chi connectivity index (χ2v) is 22.4. The summed E-state index contributed by atoms with van der Waals surface area (Å²) in [6.45, 7) is 10.5. The van der Waals surface area contributed by atoms with Crippen molar-refractivity contribution >= 4 is 112 Å².